The van der Waals surface area contributed by atoms with Crippen LogP contribution in [0, 0.1) is 0 Å². The van der Waals surface area contributed by atoms with E-state index in [1.807, 2.05) is 0 Å². The van der Waals surface area contributed by atoms with Gasteiger partial charge in [0.1, 0.15) is 9.84 Å². The third-order valence-corrected chi connectivity index (χ3v) is 3.99. The standard InChI is InChI=1S/C10H22N2O2S/c1-12(8-3-9-15(2,13)14)10-4-6-11-7-5-10/h10-11H,3-9H2,1-2H3. The van der Waals surface area contributed by atoms with E-state index < -0.39 is 9.84 Å². The molecule has 0 radical (unpaired) electrons. The quantitative estimate of drug-likeness (QED) is 0.733. The molecule has 1 heterocycles. The number of hydrogen-bond donors (Lipinski definition) is 1. The summed E-state index contributed by atoms with van der Waals surface area (Å²) < 4.78 is 21.9. The van der Waals surface area contributed by atoms with Gasteiger partial charge in [-0.25, -0.2) is 8.42 Å². The lowest BCUT2D eigenvalue weighted by Gasteiger charge is -2.31. The number of piperidine rings is 1. The number of nitrogens with one attached hydrogen (secondary N) is 1. The first-order chi connectivity index (χ1) is 6.99. The molecular formula is C10H22N2O2S. The molecule has 0 unspecified atom stereocenters. The SMILES string of the molecule is CN(CCCS(C)(=O)=O)C1CCNCC1. The van der Waals surface area contributed by atoms with Gasteiger partial charge in [0, 0.05) is 12.3 Å². The summed E-state index contributed by atoms with van der Waals surface area (Å²) in [7, 11) is -0.694. The summed E-state index contributed by atoms with van der Waals surface area (Å²) in [6.45, 7) is 3.06. The summed E-state index contributed by atoms with van der Waals surface area (Å²) in [6.07, 6.45) is 4.40. The predicted octanol–water partition coefficient (Wildman–Crippen LogP) is 0.105. The van der Waals surface area contributed by atoms with Gasteiger partial charge in [-0.15, -0.1) is 0 Å². The molecule has 0 atom stereocenters. The highest BCUT2D eigenvalue weighted by Gasteiger charge is 2.17. The lowest BCUT2D eigenvalue weighted by Crippen LogP contribution is -2.41. The Kier molecular flexibility index (Phi) is 5.02. The van der Waals surface area contributed by atoms with E-state index >= 15 is 0 Å². The monoisotopic (exact) mass is 234 g/mol. The van der Waals surface area contributed by atoms with Crippen LogP contribution in [0.2, 0.25) is 0 Å². The van der Waals surface area contributed by atoms with E-state index in [-0.39, 0.29) is 0 Å². The zero-order valence-electron chi connectivity index (χ0n) is 9.70. The zero-order valence-corrected chi connectivity index (χ0v) is 10.5. The molecule has 1 fully saturated rings. The van der Waals surface area contributed by atoms with Gasteiger partial charge in [-0.3, -0.25) is 0 Å². The van der Waals surface area contributed by atoms with E-state index in [2.05, 4.69) is 17.3 Å². The topological polar surface area (TPSA) is 49.4 Å². The normalized spacial score (nSPS) is 19.7. The smallest absolute Gasteiger partial charge is 0.147 e. The molecule has 1 rings (SSSR count). The molecule has 0 aromatic rings. The van der Waals surface area contributed by atoms with Gasteiger partial charge in [-0.2, -0.15) is 0 Å². The van der Waals surface area contributed by atoms with E-state index in [0.717, 1.165) is 26.1 Å². The summed E-state index contributed by atoms with van der Waals surface area (Å²) in [6, 6.07) is 0.630. The van der Waals surface area contributed by atoms with Crippen LogP contribution in [-0.2, 0) is 9.84 Å². The Labute approximate surface area is 93.0 Å². The first-order valence-corrected chi connectivity index (χ1v) is 7.64. The molecule has 4 nitrogen and oxygen atoms in total. The molecule has 90 valence electrons. The minimum atomic E-state index is -2.79. The third kappa shape index (κ3) is 5.49. The third-order valence-electron chi connectivity index (χ3n) is 2.96. The molecule has 0 bridgehead atoms. The highest BCUT2D eigenvalue weighted by Crippen LogP contribution is 2.10. The second-order valence-corrected chi connectivity index (χ2v) is 6.70. The first kappa shape index (κ1) is 12.9. The summed E-state index contributed by atoms with van der Waals surface area (Å²) >= 11 is 0. The second-order valence-electron chi connectivity index (χ2n) is 4.45. The van der Waals surface area contributed by atoms with Crippen LogP contribution < -0.4 is 5.32 Å². The maximum atomic E-state index is 11.0. The molecular weight excluding hydrogens is 212 g/mol. The highest BCUT2D eigenvalue weighted by molar-refractivity contribution is 7.90. The van der Waals surface area contributed by atoms with Crippen molar-refractivity contribution in [3.05, 3.63) is 0 Å². The van der Waals surface area contributed by atoms with E-state index in [0.29, 0.717) is 11.8 Å². The molecule has 0 aliphatic carbocycles. The van der Waals surface area contributed by atoms with Crippen molar-refractivity contribution in [3.63, 3.8) is 0 Å². The molecule has 0 spiro atoms. The summed E-state index contributed by atoms with van der Waals surface area (Å²) in [5, 5.41) is 3.33. The van der Waals surface area contributed by atoms with Gasteiger partial charge in [0.2, 0.25) is 0 Å². The largest absolute Gasteiger partial charge is 0.317 e. The number of rotatable bonds is 5. The van der Waals surface area contributed by atoms with Crippen LogP contribution in [-0.4, -0.2) is 58.1 Å². The highest BCUT2D eigenvalue weighted by atomic mass is 32.2. The predicted molar refractivity (Wildman–Crippen MR) is 62.8 cm³/mol. The van der Waals surface area contributed by atoms with Gasteiger partial charge in [0.25, 0.3) is 0 Å². The maximum absolute atomic E-state index is 11.0. The minimum Gasteiger partial charge on any atom is -0.317 e. The number of nitrogens with zero attached hydrogens (tertiary/aromatic N) is 1. The van der Waals surface area contributed by atoms with Crippen molar-refractivity contribution in [3.8, 4) is 0 Å². The molecule has 0 aromatic heterocycles. The lowest BCUT2D eigenvalue weighted by atomic mass is 10.1. The number of sulfone groups is 1. The average Bonchev–Trinajstić information content (AvgIpc) is 2.17. The maximum Gasteiger partial charge on any atom is 0.147 e. The fourth-order valence-corrected chi connectivity index (χ4v) is 2.66. The van der Waals surface area contributed by atoms with E-state index in [1.54, 1.807) is 0 Å². The van der Waals surface area contributed by atoms with Gasteiger partial charge in [-0.1, -0.05) is 0 Å². The van der Waals surface area contributed by atoms with E-state index in [9.17, 15) is 8.42 Å². The number of hydrogen-bond acceptors (Lipinski definition) is 4. The van der Waals surface area contributed by atoms with Crippen LogP contribution in [0.3, 0.4) is 0 Å². The summed E-state index contributed by atoms with van der Waals surface area (Å²) in [5.74, 6) is 0.308. The minimum absolute atomic E-state index is 0.308. The fourth-order valence-electron chi connectivity index (χ4n) is 2.01. The molecule has 1 aliphatic rings. The Bertz CT molecular complexity index is 271. The molecule has 0 aromatic carbocycles. The van der Waals surface area contributed by atoms with Crippen LogP contribution >= 0.6 is 0 Å². The van der Waals surface area contributed by atoms with Gasteiger partial charge >= 0.3 is 0 Å². The lowest BCUT2D eigenvalue weighted by molar-refractivity contribution is 0.200. The Balaban J connectivity index is 2.20. The van der Waals surface area contributed by atoms with Crippen LogP contribution in [0.4, 0.5) is 0 Å². The van der Waals surface area contributed by atoms with E-state index in [4.69, 9.17) is 0 Å². The van der Waals surface area contributed by atoms with Crippen molar-refractivity contribution in [1.82, 2.24) is 10.2 Å². The summed E-state index contributed by atoms with van der Waals surface area (Å²) in [4.78, 5) is 2.30. The van der Waals surface area contributed by atoms with E-state index in [1.165, 1.54) is 19.1 Å². The molecule has 1 N–H and O–H groups in total. The summed E-state index contributed by atoms with van der Waals surface area (Å²) in [5.41, 5.74) is 0. The molecule has 1 saturated heterocycles. The zero-order chi connectivity index (χ0) is 11.3. The van der Waals surface area contributed by atoms with Crippen LogP contribution in [0.15, 0.2) is 0 Å². The van der Waals surface area contributed by atoms with Gasteiger partial charge in [-0.05, 0) is 45.9 Å². The average molecular weight is 234 g/mol. The molecule has 0 saturated carbocycles. The second kappa shape index (κ2) is 5.82. The Morgan fingerprint density at radius 1 is 1.33 bits per heavy atom. The van der Waals surface area contributed by atoms with Gasteiger partial charge < -0.3 is 10.2 Å². The molecule has 15 heavy (non-hydrogen) atoms. The van der Waals surface area contributed by atoms with Crippen LogP contribution in [0.5, 0.6) is 0 Å². The van der Waals surface area contributed by atoms with Crippen molar-refractivity contribution >= 4 is 9.84 Å². The van der Waals surface area contributed by atoms with Gasteiger partial charge in [0.05, 0.1) is 5.75 Å². The molecule has 5 heteroatoms. The Morgan fingerprint density at radius 3 is 2.47 bits per heavy atom. The molecule has 1 aliphatic heterocycles. The Hall–Kier alpha value is -0.130. The van der Waals surface area contributed by atoms with Crippen molar-refractivity contribution < 1.29 is 8.42 Å². The van der Waals surface area contributed by atoms with Crippen LogP contribution in [0.1, 0.15) is 19.3 Å². The van der Waals surface area contributed by atoms with Crippen LogP contribution in [0.25, 0.3) is 0 Å². The Morgan fingerprint density at radius 2 is 1.93 bits per heavy atom. The molecule has 0 amide bonds. The van der Waals surface area contributed by atoms with Crippen molar-refractivity contribution in [1.29, 1.82) is 0 Å². The van der Waals surface area contributed by atoms with Crippen molar-refractivity contribution in [2.45, 2.75) is 25.3 Å². The van der Waals surface area contributed by atoms with Gasteiger partial charge in [0.15, 0.2) is 0 Å². The van der Waals surface area contributed by atoms with Crippen molar-refractivity contribution in [2.24, 2.45) is 0 Å². The first-order valence-electron chi connectivity index (χ1n) is 5.58. The van der Waals surface area contributed by atoms with Crippen molar-refractivity contribution in [2.75, 3.05) is 38.7 Å². The fraction of sp³-hybridized carbons (Fsp3) is 1.00.